The van der Waals surface area contributed by atoms with Crippen LogP contribution in [0.3, 0.4) is 0 Å². The van der Waals surface area contributed by atoms with E-state index in [-0.39, 0.29) is 12.3 Å². The Kier molecular flexibility index (Phi) is 6.64. The van der Waals surface area contributed by atoms with Crippen molar-refractivity contribution in [1.29, 1.82) is 0 Å². The summed E-state index contributed by atoms with van der Waals surface area (Å²) in [6.45, 7) is 1.68. The Hall–Kier alpha value is -3.87. The van der Waals surface area contributed by atoms with Gasteiger partial charge in [0.15, 0.2) is 11.5 Å². The average molecular weight is 405 g/mol. The first-order chi connectivity index (χ1) is 14.5. The zero-order chi connectivity index (χ0) is 21.5. The number of ether oxygens (including phenoxy) is 2. The number of fused-ring (bicyclic) bond motifs is 1. The maximum absolute atomic E-state index is 12.3. The topological polar surface area (TPSA) is 89.0 Å². The molecule has 3 rings (SSSR count). The number of hydrazone groups is 1. The summed E-state index contributed by atoms with van der Waals surface area (Å²) in [7, 11) is 3.02. The van der Waals surface area contributed by atoms with Crippen LogP contribution in [0.5, 0.6) is 11.5 Å². The molecule has 0 radical (unpaired) electrons. The van der Waals surface area contributed by atoms with E-state index in [2.05, 4.69) is 15.8 Å². The lowest BCUT2D eigenvalue weighted by molar-refractivity contribution is -0.115. The van der Waals surface area contributed by atoms with E-state index in [0.29, 0.717) is 28.5 Å². The third kappa shape index (κ3) is 5.14. The highest BCUT2D eigenvalue weighted by atomic mass is 16.5. The van der Waals surface area contributed by atoms with Crippen LogP contribution in [-0.2, 0) is 4.79 Å². The third-order valence-electron chi connectivity index (χ3n) is 4.44. The Morgan fingerprint density at radius 1 is 0.900 bits per heavy atom. The highest BCUT2D eigenvalue weighted by Crippen LogP contribution is 2.27. The molecule has 0 spiro atoms. The fourth-order valence-electron chi connectivity index (χ4n) is 2.93. The molecule has 0 aliphatic carbocycles. The fourth-order valence-corrected chi connectivity index (χ4v) is 2.93. The number of carbonyl (C=O) groups excluding carboxylic acids is 2. The standard InChI is InChI=1S/C23H23N3O4/c1-15(25-26-23(28)18-9-11-20(29-2)21(14-18)30-3)12-22(27)24-19-10-8-16-6-4-5-7-17(16)13-19/h4-11,13-14H,12H2,1-3H3,(H,24,27)(H,26,28)/b25-15+. The van der Waals surface area contributed by atoms with Gasteiger partial charge in [0.05, 0.1) is 20.6 Å². The zero-order valence-electron chi connectivity index (χ0n) is 17.1. The maximum atomic E-state index is 12.3. The van der Waals surface area contributed by atoms with Crippen molar-refractivity contribution >= 4 is 34.0 Å². The highest BCUT2D eigenvalue weighted by Gasteiger charge is 2.11. The first-order valence-electron chi connectivity index (χ1n) is 9.34. The Morgan fingerprint density at radius 3 is 2.37 bits per heavy atom. The van der Waals surface area contributed by atoms with Crippen molar-refractivity contribution in [3.05, 3.63) is 66.2 Å². The van der Waals surface area contributed by atoms with Crippen LogP contribution >= 0.6 is 0 Å². The molecule has 0 bridgehead atoms. The van der Waals surface area contributed by atoms with E-state index in [1.54, 1.807) is 25.1 Å². The predicted octanol–water partition coefficient (Wildman–Crippen LogP) is 3.99. The van der Waals surface area contributed by atoms with Crippen molar-refractivity contribution in [3.63, 3.8) is 0 Å². The molecular formula is C23H23N3O4. The molecule has 7 heteroatoms. The smallest absolute Gasteiger partial charge is 0.271 e. The van der Waals surface area contributed by atoms with Crippen molar-refractivity contribution in [2.45, 2.75) is 13.3 Å². The second-order valence-corrected chi connectivity index (χ2v) is 6.64. The van der Waals surface area contributed by atoms with Gasteiger partial charge in [-0.25, -0.2) is 5.43 Å². The molecule has 0 saturated carbocycles. The summed E-state index contributed by atoms with van der Waals surface area (Å²) in [5.74, 6) is 0.344. The lowest BCUT2D eigenvalue weighted by Crippen LogP contribution is -2.21. The van der Waals surface area contributed by atoms with Gasteiger partial charge in [0, 0.05) is 17.0 Å². The minimum atomic E-state index is -0.412. The van der Waals surface area contributed by atoms with Crippen LogP contribution < -0.4 is 20.2 Å². The molecule has 154 valence electrons. The number of nitrogens with zero attached hydrogens (tertiary/aromatic N) is 1. The number of rotatable bonds is 7. The molecule has 2 amide bonds. The van der Waals surface area contributed by atoms with Crippen molar-refractivity contribution in [2.24, 2.45) is 5.10 Å². The molecule has 0 unspecified atom stereocenters. The molecule has 0 fully saturated rings. The summed E-state index contributed by atoms with van der Waals surface area (Å²) in [6, 6.07) is 18.4. The van der Waals surface area contributed by atoms with Crippen LogP contribution in [0.2, 0.25) is 0 Å². The molecule has 0 aliphatic rings. The number of benzene rings is 3. The molecule has 0 heterocycles. The summed E-state index contributed by atoms with van der Waals surface area (Å²) in [5, 5.41) is 9.01. The van der Waals surface area contributed by atoms with E-state index < -0.39 is 5.91 Å². The molecule has 3 aromatic carbocycles. The molecule has 0 atom stereocenters. The third-order valence-corrected chi connectivity index (χ3v) is 4.44. The number of carbonyl (C=O) groups is 2. The SMILES string of the molecule is COc1ccc(C(=O)N/N=C(\C)CC(=O)Nc2ccc3ccccc3c2)cc1OC. The molecule has 0 aromatic heterocycles. The molecule has 0 aliphatic heterocycles. The van der Waals surface area contributed by atoms with Gasteiger partial charge >= 0.3 is 0 Å². The minimum Gasteiger partial charge on any atom is -0.493 e. The molecule has 3 aromatic rings. The maximum Gasteiger partial charge on any atom is 0.271 e. The van der Waals surface area contributed by atoms with Gasteiger partial charge in [0.2, 0.25) is 5.91 Å². The first kappa shape index (κ1) is 20.9. The fraction of sp³-hybridized carbons (Fsp3) is 0.174. The van der Waals surface area contributed by atoms with Gasteiger partial charge in [0.25, 0.3) is 5.91 Å². The molecule has 7 nitrogen and oxygen atoms in total. The van der Waals surface area contributed by atoms with E-state index in [0.717, 1.165) is 10.8 Å². The van der Waals surface area contributed by atoms with E-state index in [1.165, 1.54) is 14.2 Å². The van der Waals surface area contributed by atoms with Crippen molar-refractivity contribution < 1.29 is 19.1 Å². The van der Waals surface area contributed by atoms with Crippen LogP contribution in [-0.4, -0.2) is 31.7 Å². The zero-order valence-corrected chi connectivity index (χ0v) is 17.1. The summed E-state index contributed by atoms with van der Waals surface area (Å²) in [6.07, 6.45) is 0.0546. The number of amides is 2. The molecule has 30 heavy (non-hydrogen) atoms. The van der Waals surface area contributed by atoms with Crippen LogP contribution in [0.1, 0.15) is 23.7 Å². The summed E-state index contributed by atoms with van der Waals surface area (Å²) >= 11 is 0. The van der Waals surface area contributed by atoms with Gasteiger partial charge in [-0.2, -0.15) is 5.10 Å². The van der Waals surface area contributed by atoms with Gasteiger partial charge in [-0.3, -0.25) is 9.59 Å². The number of hydrogen-bond acceptors (Lipinski definition) is 5. The van der Waals surface area contributed by atoms with Crippen molar-refractivity contribution in [3.8, 4) is 11.5 Å². The second kappa shape index (κ2) is 9.56. The van der Waals surface area contributed by atoms with Crippen LogP contribution in [0.4, 0.5) is 5.69 Å². The Morgan fingerprint density at radius 2 is 1.63 bits per heavy atom. The predicted molar refractivity (Wildman–Crippen MR) is 117 cm³/mol. The summed E-state index contributed by atoms with van der Waals surface area (Å²) in [4.78, 5) is 24.6. The Labute approximate surface area is 174 Å². The Balaban J connectivity index is 1.58. The highest BCUT2D eigenvalue weighted by molar-refractivity contribution is 6.06. The average Bonchev–Trinajstić information content (AvgIpc) is 2.76. The number of anilines is 1. The van der Waals surface area contributed by atoms with Gasteiger partial charge in [-0.1, -0.05) is 30.3 Å². The van der Waals surface area contributed by atoms with Gasteiger partial charge in [-0.15, -0.1) is 0 Å². The van der Waals surface area contributed by atoms with Gasteiger partial charge in [-0.05, 0) is 48.0 Å². The second-order valence-electron chi connectivity index (χ2n) is 6.64. The normalized spacial score (nSPS) is 11.1. The van der Waals surface area contributed by atoms with Gasteiger partial charge < -0.3 is 14.8 Å². The Bertz CT molecular complexity index is 1110. The molecule has 0 saturated heterocycles. The summed E-state index contributed by atoms with van der Waals surface area (Å²) in [5.41, 5.74) is 4.00. The summed E-state index contributed by atoms with van der Waals surface area (Å²) < 4.78 is 10.4. The van der Waals surface area contributed by atoms with E-state index in [9.17, 15) is 9.59 Å². The monoisotopic (exact) mass is 405 g/mol. The number of methoxy groups -OCH3 is 2. The lowest BCUT2D eigenvalue weighted by Gasteiger charge is -2.09. The first-order valence-corrected chi connectivity index (χ1v) is 9.34. The minimum absolute atomic E-state index is 0.0546. The lowest BCUT2D eigenvalue weighted by atomic mass is 10.1. The van der Waals surface area contributed by atoms with E-state index in [1.807, 2.05) is 42.5 Å². The van der Waals surface area contributed by atoms with Crippen molar-refractivity contribution in [1.82, 2.24) is 5.43 Å². The van der Waals surface area contributed by atoms with Gasteiger partial charge in [0.1, 0.15) is 0 Å². The number of nitrogens with one attached hydrogen (secondary N) is 2. The van der Waals surface area contributed by atoms with E-state index >= 15 is 0 Å². The van der Waals surface area contributed by atoms with E-state index in [4.69, 9.17) is 9.47 Å². The molecular weight excluding hydrogens is 382 g/mol. The quantitative estimate of drug-likeness (QED) is 0.459. The van der Waals surface area contributed by atoms with Crippen LogP contribution in [0.25, 0.3) is 10.8 Å². The largest absolute Gasteiger partial charge is 0.493 e. The van der Waals surface area contributed by atoms with Crippen LogP contribution in [0.15, 0.2) is 65.8 Å². The van der Waals surface area contributed by atoms with Crippen LogP contribution in [0, 0.1) is 0 Å². The van der Waals surface area contributed by atoms with Crippen molar-refractivity contribution in [2.75, 3.05) is 19.5 Å². The number of hydrogen-bond donors (Lipinski definition) is 2. The molecule has 2 N–H and O–H groups in total.